The van der Waals surface area contributed by atoms with E-state index in [9.17, 15) is 4.79 Å². The number of aromatic nitrogens is 1. The number of carbonyl (C=O) groups is 1. The molecule has 1 aliphatic heterocycles. The minimum atomic E-state index is -0.365. The van der Waals surface area contributed by atoms with Crippen LogP contribution in [-0.4, -0.2) is 54.6 Å². The number of carbonyl (C=O) groups excluding carboxylic acids is 1. The van der Waals surface area contributed by atoms with Gasteiger partial charge in [-0.15, -0.1) is 0 Å². The molecular weight excluding hydrogens is 280 g/mol. The highest BCUT2D eigenvalue weighted by Crippen LogP contribution is 2.18. The molecule has 1 saturated heterocycles. The zero-order valence-electron chi connectivity index (χ0n) is 13.5. The van der Waals surface area contributed by atoms with Gasteiger partial charge in [-0.3, -0.25) is 4.79 Å². The van der Waals surface area contributed by atoms with Gasteiger partial charge in [0.2, 0.25) is 11.8 Å². The van der Waals surface area contributed by atoms with Crippen LogP contribution in [0.15, 0.2) is 18.2 Å². The maximum Gasteiger partial charge on any atom is 0.239 e. The average molecular weight is 306 g/mol. The number of nitrogens with two attached hydrogens (primary N) is 1. The lowest BCUT2D eigenvalue weighted by Gasteiger charge is -2.36. The first-order valence-corrected chi connectivity index (χ1v) is 8.04. The number of hydrogen-bond acceptors (Lipinski definition) is 5. The summed E-state index contributed by atoms with van der Waals surface area (Å²) in [6.45, 7) is 7.52. The Kier molecular flexibility index (Phi) is 6.00. The molecule has 0 saturated carbocycles. The molecule has 2 rings (SSSR count). The molecule has 6 nitrogen and oxygen atoms in total. The van der Waals surface area contributed by atoms with Gasteiger partial charge in [0.15, 0.2) is 0 Å². The van der Waals surface area contributed by atoms with Crippen LogP contribution in [0.2, 0.25) is 0 Å². The van der Waals surface area contributed by atoms with E-state index in [4.69, 9.17) is 10.5 Å². The summed E-state index contributed by atoms with van der Waals surface area (Å²) >= 11 is 0. The van der Waals surface area contributed by atoms with Crippen molar-refractivity contribution in [2.75, 3.05) is 37.7 Å². The Morgan fingerprint density at radius 2 is 2.05 bits per heavy atom. The van der Waals surface area contributed by atoms with E-state index in [-0.39, 0.29) is 11.9 Å². The third kappa shape index (κ3) is 4.10. The molecule has 0 aromatic carbocycles. The summed E-state index contributed by atoms with van der Waals surface area (Å²) in [5, 5.41) is 0. The highest BCUT2D eigenvalue weighted by atomic mass is 16.5. The third-order valence-electron chi connectivity index (χ3n) is 3.83. The summed E-state index contributed by atoms with van der Waals surface area (Å²) in [4.78, 5) is 20.8. The lowest BCUT2D eigenvalue weighted by molar-refractivity contribution is -0.133. The maximum atomic E-state index is 12.2. The standard InChI is InChI=1S/C16H26N4O2/c1-3-6-13(17)16(21)20-11-9-19(10-12-20)14-7-5-8-15(18-14)22-4-2/h5,7-8,13H,3-4,6,9-12,17H2,1-2H3. The molecule has 0 aliphatic carbocycles. The first-order chi connectivity index (χ1) is 10.7. The monoisotopic (exact) mass is 306 g/mol. The van der Waals surface area contributed by atoms with Crippen molar-refractivity contribution in [2.45, 2.75) is 32.7 Å². The molecule has 2 N–H and O–H groups in total. The zero-order valence-corrected chi connectivity index (χ0v) is 13.5. The molecule has 1 aromatic heterocycles. The minimum absolute atomic E-state index is 0.0672. The summed E-state index contributed by atoms with van der Waals surface area (Å²) in [6.07, 6.45) is 1.68. The fourth-order valence-electron chi connectivity index (χ4n) is 2.63. The predicted molar refractivity (Wildman–Crippen MR) is 87.1 cm³/mol. The Morgan fingerprint density at radius 1 is 1.32 bits per heavy atom. The Balaban J connectivity index is 1.91. The van der Waals surface area contributed by atoms with E-state index >= 15 is 0 Å². The predicted octanol–water partition coefficient (Wildman–Crippen LogP) is 1.26. The second-order valence-corrected chi connectivity index (χ2v) is 5.47. The second kappa shape index (κ2) is 7.98. The number of rotatable bonds is 6. The van der Waals surface area contributed by atoms with Crippen LogP contribution in [-0.2, 0) is 4.79 Å². The largest absolute Gasteiger partial charge is 0.478 e. The fourth-order valence-corrected chi connectivity index (χ4v) is 2.63. The highest BCUT2D eigenvalue weighted by molar-refractivity contribution is 5.81. The van der Waals surface area contributed by atoms with Crippen LogP contribution in [0.5, 0.6) is 5.88 Å². The number of amides is 1. The van der Waals surface area contributed by atoms with Gasteiger partial charge in [0.05, 0.1) is 12.6 Å². The smallest absolute Gasteiger partial charge is 0.239 e. The third-order valence-corrected chi connectivity index (χ3v) is 3.83. The van der Waals surface area contributed by atoms with Crippen LogP contribution in [0.1, 0.15) is 26.7 Å². The number of anilines is 1. The molecule has 122 valence electrons. The van der Waals surface area contributed by atoms with Crippen molar-refractivity contribution >= 4 is 11.7 Å². The van der Waals surface area contributed by atoms with Crippen LogP contribution in [0.25, 0.3) is 0 Å². The molecule has 0 spiro atoms. The SMILES string of the molecule is CCCC(N)C(=O)N1CCN(c2cccc(OCC)n2)CC1. The Morgan fingerprint density at radius 3 is 2.68 bits per heavy atom. The topological polar surface area (TPSA) is 71.7 Å². The molecule has 1 aliphatic rings. The van der Waals surface area contributed by atoms with Gasteiger partial charge in [-0.2, -0.15) is 4.98 Å². The molecule has 22 heavy (non-hydrogen) atoms. The average Bonchev–Trinajstić information content (AvgIpc) is 2.55. The molecule has 2 heterocycles. The molecule has 0 bridgehead atoms. The Hall–Kier alpha value is -1.82. The number of pyridine rings is 1. The van der Waals surface area contributed by atoms with Crippen LogP contribution in [0.4, 0.5) is 5.82 Å². The Labute approximate surface area is 132 Å². The molecule has 6 heteroatoms. The van der Waals surface area contributed by atoms with E-state index in [0.717, 1.165) is 31.7 Å². The van der Waals surface area contributed by atoms with Crippen molar-refractivity contribution in [2.24, 2.45) is 5.73 Å². The lowest BCUT2D eigenvalue weighted by Crippen LogP contribution is -2.53. The van der Waals surface area contributed by atoms with Gasteiger partial charge in [0, 0.05) is 32.2 Å². The summed E-state index contributed by atoms with van der Waals surface area (Å²) in [5.74, 6) is 1.61. The number of hydrogen-bond donors (Lipinski definition) is 1. The number of nitrogens with zero attached hydrogens (tertiary/aromatic N) is 3. The molecular formula is C16H26N4O2. The summed E-state index contributed by atoms with van der Waals surface area (Å²) < 4.78 is 5.44. The molecule has 1 amide bonds. The highest BCUT2D eigenvalue weighted by Gasteiger charge is 2.25. The first kappa shape index (κ1) is 16.5. The summed E-state index contributed by atoms with van der Waals surface area (Å²) in [6, 6.07) is 5.41. The van der Waals surface area contributed by atoms with E-state index < -0.39 is 0 Å². The van der Waals surface area contributed by atoms with E-state index in [2.05, 4.69) is 9.88 Å². The van der Waals surface area contributed by atoms with Crippen molar-refractivity contribution in [3.63, 3.8) is 0 Å². The van der Waals surface area contributed by atoms with Gasteiger partial charge in [-0.1, -0.05) is 19.4 Å². The van der Waals surface area contributed by atoms with E-state index in [0.29, 0.717) is 25.6 Å². The van der Waals surface area contributed by atoms with Crippen molar-refractivity contribution in [1.29, 1.82) is 0 Å². The number of ether oxygens (including phenoxy) is 1. The van der Waals surface area contributed by atoms with Crippen molar-refractivity contribution in [3.05, 3.63) is 18.2 Å². The van der Waals surface area contributed by atoms with Crippen LogP contribution >= 0.6 is 0 Å². The van der Waals surface area contributed by atoms with Gasteiger partial charge in [-0.25, -0.2) is 0 Å². The van der Waals surface area contributed by atoms with Crippen molar-refractivity contribution < 1.29 is 9.53 Å². The molecule has 1 atom stereocenters. The van der Waals surface area contributed by atoms with E-state index in [1.54, 1.807) is 0 Å². The van der Waals surface area contributed by atoms with Crippen molar-refractivity contribution in [3.8, 4) is 5.88 Å². The van der Waals surface area contributed by atoms with Gasteiger partial charge in [0.1, 0.15) is 5.82 Å². The van der Waals surface area contributed by atoms with Crippen LogP contribution in [0, 0.1) is 0 Å². The first-order valence-electron chi connectivity index (χ1n) is 8.04. The maximum absolute atomic E-state index is 12.2. The molecule has 0 radical (unpaired) electrons. The van der Waals surface area contributed by atoms with Gasteiger partial charge in [-0.05, 0) is 19.4 Å². The Bertz CT molecular complexity index is 487. The van der Waals surface area contributed by atoms with Crippen LogP contribution < -0.4 is 15.4 Å². The normalized spacial score (nSPS) is 16.5. The van der Waals surface area contributed by atoms with E-state index in [1.165, 1.54) is 0 Å². The molecule has 1 aromatic rings. The lowest BCUT2D eigenvalue weighted by atomic mass is 10.1. The zero-order chi connectivity index (χ0) is 15.9. The fraction of sp³-hybridized carbons (Fsp3) is 0.625. The number of piperazine rings is 1. The van der Waals surface area contributed by atoms with Crippen LogP contribution in [0.3, 0.4) is 0 Å². The van der Waals surface area contributed by atoms with Crippen molar-refractivity contribution in [1.82, 2.24) is 9.88 Å². The summed E-state index contributed by atoms with van der Waals surface area (Å²) in [7, 11) is 0. The minimum Gasteiger partial charge on any atom is -0.478 e. The van der Waals surface area contributed by atoms with Gasteiger partial charge < -0.3 is 20.3 Å². The van der Waals surface area contributed by atoms with Gasteiger partial charge >= 0.3 is 0 Å². The molecule has 1 fully saturated rings. The quantitative estimate of drug-likeness (QED) is 0.856. The molecule has 1 unspecified atom stereocenters. The summed E-state index contributed by atoms with van der Waals surface area (Å²) in [5.41, 5.74) is 5.92. The van der Waals surface area contributed by atoms with Gasteiger partial charge in [0.25, 0.3) is 0 Å². The second-order valence-electron chi connectivity index (χ2n) is 5.47. The van der Waals surface area contributed by atoms with E-state index in [1.807, 2.05) is 36.9 Å².